The summed E-state index contributed by atoms with van der Waals surface area (Å²) in [5.41, 5.74) is 0.353. The molecule has 3 aromatic rings. The average Bonchev–Trinajstić information content (AvgIpc) is 3.63. The van der Waals surface area contributed by atoms with Crippen molar-refractivity contribution in [2.75, 3.05) is 19.7 Å². The van der Waals surface area contributed by atoms with Crippen LogP contribution in [0.5, 0.6) is 5.75 Å². The van der Waals surface area contributed by atoms with E-state index >= 15 is 0 Å². The molecule has 1 aromatic carbocycles. The molecule has 4 bridgehead atoms. The number of fused-ring (bicyclic) bond motifs is 4. The highest BCUT2D eigenvalue weighted by molar-refractivity contribution is 7.12. The van der Waals surface area contributed by atoms with Gasteiger partial charge in [-0.15, -0.1) is 11.3 Å². The van der Waals surface area contributed by atoms with Gasteiger partial charge in [-0.05, 0) is 50.5 Å². The lowest BCUT2D eigenvalue weighted by atomic mass is 10.1. The van der Waals surface area contributed by atoms with Crippen molar-refractivity contribution in [2.24, 2.45) is 0 Å². The fourth-order valence-corrected chi connectivity index (χ4v) is 5.74. The molecule has 0 unspecified atom stereocenters. The van der Waals surface area contributed by atoms with E-state index in [9.17, 15) is 27.6 Å². The Kier molecular flexibility index (Phi) is 7.53. The number of halogens is 3. The van der Waals surface area contributed by atoms with Crippen LogP contribution in [0.15, 0.2) is 29.6 Å². The van der Waals surface area contributed by atoms with Gasteiger partial charge in [-0.3, -0.25) is 14.4 Å². The third kappa shape index (κ3) is 5.67. The van der Waals surface area contributed by atoms with Gasteiger partial charge in [-0.25, -0.2) is 9.67 Å². The second-order valence-electron chi connectivity index (χ2n) is 9.79. The smallest absolute Gasteiger partial charge is 0.433 e. The van der Waals surface area contributed by atoms with Crippen LogP contribution in [0.1, 0.15) is 57.1 Å². The van der Waals surface area contributed by atoms with Gasteiger partial charge in [0.1, 0.15) is 18.1 Å². The number of nitrogens with one attached hydrogen (secondary N) is 2. The number of amides is 3. The first-order chi connectivity index (χ1) is 19.0. The average molecular weight is 577 g/mol. The zero-order valence-electron chi connectivity index (χ0n) is 21.7. The Balaban J connectivity index is 1.42. The number of thiazole rings is 1. The van der Waals surface area contributed by atoms with E-state index in [-0.39, 0.29) is 54.5 Å². The van der Waals surface area contributed by atoms with Gasteiger partial charge in [0.05, 0.1) is 12.2 Å². The number of carbonyl (C=O) groups excluding carboxylic acids is 3. The van der Waals surface area contributed by atoms with Crippen LogP contribution in [0, 0.1) is 13.8 Å². The summed E-state index contributed by atoms with van der Waals surface area (Å²) in [7, 11) is 0. The molecule has 2 aliphatic rings. The summed E-state index contributed by atoms with van der Waals surface area (Å²) >= 11 is 0.862. The largest absolute Gasteiger partial charge is 0.491 e. The predicted molar refractivity (Wildman–Crippen MR) is 139 cm³/mol. The maximum absolute atomic E-state index is 13.7. The van der Waals surface area contributed by atoms with Crippen molar-refractivity contribution < 1.29 is 32.3 Å². The number of ether oxygens (including phenoxy) is 1. The van der Waals surface area contributed by atoms with Crippen LogP contribution in [0.3, 0.4) is 0 Å². The van der Waals surface area contributed by atoms with Crippen molar-refractivity contribution in [3.05, 3.63) is 57.9 Å². The predicted octanol–water partition coefficient (Wildman–Crippen LogP) is 3.27. The number of hydrogen-bond acceptors (Lipinski definition) is 7. The van der Waals surface area contributed by atoms with Gasteiger partial charge in [0.25, 0.3) is 11.8 Å². The van der Waals surface area contributed by atoms with Gasteiger partial charge in [-0.2, -0.15) is 18.3 Å². The summed E-state index contributed by atoms with van der Waals surface area (Å²) in [6, 6.07) is 5.08. The first-order valence-electron chi connectivity index (χ1n) is 12.7. The second kappa shape index (κ2) is 10.9. The molecule has 1 saturated heterocycles. The summed E-state index contributed by atoms with van der Waals surface area (Å²) in [6.07, 6.45) is -3.59. The fraction of sp³-hybridized carbons (Fsp3) is 0.423. The highest BCUT2D eigenvalue weighted by Gasteiger charge is 2.40. The molecule has 0 saturated carbocycles. The quantitative estimate of drug-likeness (QED) is 0.484. The Labute approximate surface area is 231 Å². The topological polar surface area (TPSA) is 118 Å². The molecule has 2 aliphatic heterocycles. The molecule has 4 heterocycles. The van der Waals surface area contributed by atoms with E-state index in [1.807, 2.05) is 6.92 Å². The molecule has 40 heavy (non-hydrogen) atoms. The van der Waals surface area contributed by atoms with E-state index in [2.05, 4.69) is 20.7 Å². The molecular weight excluding hydrogens is 549 g/mol. The van der Waals surface area contributed by atoms with Crippen LogP contribution in [0.2, 0.25) is 0 Å². The molecule has 212 valence electrons. The molecule has 0 spiro atoms. The highest BCUT2D eigenvalue weighted by atomic mass is 32.1. The monoisotopic (exact) mass is 576 g/mol. The zero-order chi connectivity index (χ0) is 28.6. The lowest BCUT2D eigenvalue weighted by Crippen LogP contribution is -2.48. The van der Waals surface area contributed by atoms with Gasteiger partial charge in [-0.1, -0.05) is 6.07 Å². The number of nitrogens with zero attached hydrogens (tertiary/aromatic N) is 4. The van der Waals surface area contributed by atoms with Crippen LogP contribution < -0.4 is 15.4 Å². The van der Waals surface area contributed by atoms with E-state index in [0.29, 0.717) is 28.8 Å². The standard InChI is InChI=1S/C26H27F3N6O4S/c1-14-3-4-16-10-20(14)39-8-7-30-22(36)11-17-5-6-18(12-31-23(16)37)34(17)24(38)19-13-40-25(32-19)35-21(26(27,28)29)9-15(2)33-35/h3-4,9-10,13,17-18H,5-8,11-12H2,1-2H3,(H,30,36)(H,31,37)/t17-,18+/m0/s1. The van der Waals surface area contributed by atoms with Crippen LogP contribution in [-0.2, 0) is 11.0 Å². The van der Waals surface area contributed by atoms with Gasteiger partial charge in [0, 0.05) is 36.0 Å². The van der Waals surface area contributed by atoms with Crippen molar-refractivity contribution in [2.45, 2.75) is 51.4 Å². The van der Waals surface area contributed by atoms with Crippen LogP contribution in [-0.4, -0.2) is 69.2 Å². The Morgan fingerprint density at radius 3 is 2.67 bits per heavy atom. The Morgan fingerprint density at radius 2 is 1.90 bits per heavy atom. The molecule has 2 aromatic heterocycles. The Hall–Kier alpha value is -3.94. The first kappa shape index (κ1) is 27.6. The van der Waals surface area contributed by atoms with E-state index in [1.54, 1.807) is 18.2 Å². The minimum atomic E-state index is -4.65. The summed E-state index contributed by atoms with van der Waals surface area (Å²) in [6.45, 7) is 3.85. The summed E-state index contributed by atoms with van der Waals surface area (Å²) < 4.78 is 47.0. The van der Waals surface area contributed by atoms with Crippen molar-refractivity contribution in [3.8, 4) is 10.9 Å². The zero-order valence-corrected chi connectivity index (χ0v) is 22.6. The number of benzene rings is 1. The van der Waals surface area contributed by atoms with E-state index in [1.165, 1.54) is 17.2 Å². The summed E-state index contributed by atoms with van der Waals surface area (Å²) in [5, 5.41) is 10.9. The van der Waals surface area contributed by atoms with E-state index in [4.69, 9.17) is 4.74 Å². The van der Waals surface area contributed by atoms with Gasteiger partial charge < -0.3 is 20.3 Å². The van der Waals surface area contributed by atoms with E-state index < -0.39 is 29.9 Å². The SMILES string of the molecule is Cc1cc(C(F)(F)F)n(-c2nc(C(=O)N3[C@@H]4CC[C@H]3CC(=O)NCCOc3cc(ccc3C)C(=O)NC4)cs2)n1. The third-order valence-electron chi connectivity index (χ3n) is 6.92. The normalized spacial score (nSPS) is 20.3. The highest BCUT2D eigenvalue weighted by Crippen LogP contribution is 2.33. The third-order valence-corrected chi connectivity index (χ3v) is 7.74. The molecule has 2 atom stereocenters. The maximum atomic E-state index is 13.7. The minimum Gasteiger partial charge on any atom is -0.491 e. The Morgan fingerprint density at radius 1 is 1.12 bits per heavy atom. The molecule has 0 radical (unpaired) electrons. The fourth-order valence-electron chi connectivity index (χ4n) is 4.98. The lowest BCUT2D eigenvalue weighted by molar-refractivity contribution is -0.142. The number of alkyl halides is 3. The molecule has 0 aliphatic carbocycles. The van der Waals surface area contributed by atoms with Gasteiger partial charge in [0.2, 0.25) is 11.0 Å². The lowest BCUT2D eigenvalue weighted by Gasteiger charge is -2.30. The molecule has 2 N–H and O–H groups in total. The number of aromatic nitrogens is 3. The van der Waals surface area contributed by atoms with Gasteiger partial charge >= 0.3 is 6.18 Å². The summed E-state index contributed by atoms with van der Waals surface area (Å²) in [5.74, 6) is -0.595. The molecule has 14 heteroatoms. The van der Waals surface area contributed by atoms with Crippen molar-refractivity contribution in [1.29, 1.82) is 0 Å². The maximum Gasteiger partial charge on any atom is 0.433 e. The number of carbonyl (C=O) groups is 3. The van der Waals surface area contributed by atoms with Crippen molar-refractivity contribution >= 4 is 29.1 Å². The van der Waals surface area contributed by atoms with Gasteiger partial charge in [0.15, 0.2) is 5.69 Å². The van der Waals surface area contributed by atoms with Crippen LogP contribution >= 0.6 is 11.3 Å². The molecule has 1 fully saturated rings. The number of aryl methyl sites for hydroxylation is 2. The summed E-state index contributed by atoms with van der Waals surface area (Å²) in [4.78, 5) is 45.1. The molecule has 3 amide bonds. The Bertz CT molecular complexity index is 1450. The van der Waals surface area contributed by atoms with Crippen LogP contribution in [0.4, 0.5) is 13.2 Å². The van der Waals surface area contributed by atoms with Crippen molar-refractivity contribution in [3.63, 3.8) is 0 Å². The van der Waals surface area contributed by atoms with E-state index in [0.717, 1.165) is 23.0 Å². The molecule has 10 nitrogen and oxygen atoms in total. The molecular formula is C26H27F3N6O4S. The number of hydrogen-bond donors (Lipinski definition) is 2. The molecule has 5 rings (SSSR count). The van der Waals surface area contributed by atoms with Crippen molar-refractivity contribution in [1.82, 2.24) is 30.3 Å². The number of rotatable bonds is 2. The van der Waals surface area contributed by atoms with Crippen LogP contribution in [0.25, 0.3) is 5.13 Å². The minimum absolute atomic E-state index is 0.0243. The second-order valence-corrected chi connectivity index (χ2v) is 10.6. The first-order valence-corrected chi connectivity index (χ1v) is 13.6.